The molecule has 0 fully saturated rings. The number of ether oxygens (including phenoxy) is 3. The van der Waals surface area contributed by atoms with Crippen molar-refractivity contribution in [1.29, 1.82) is 0 Å². The van der Waals surface area contributed by atoms with E-state index in [1.807, 2.05) is 36.4 Å². The van der Waals surface area contributed by atoms with E-state index < -0.39 is 5.82 Å². The molecule has 0 N–H and O–H groups in total. The molecule has 32 heavy (non-hydrogen) atoms. The molecular formula is C23H18BrFN4O3. The summed E-state index contributed by atoms with van der Waals surface area (Å²) in [5.74, 6) is 0.793. The molecule has 0 saturated carbocycles. The number of hydrogen-bond acceptors (Lipinski definition) is 6. The lowest BCUT2D eigenvalue weighted by atomic mass is 10.2. The third-order valence-electron chi connectivity index (χ3n) is 4.82. The maximum absolute atomic E-state index is 14.0. The zero-order chi connectivity index (χ0) is 21.9. The van der Waals surface area contributed by atoms with Crippen LogP contribution in [0, 0.1) is 5.82 Å². The molecule has 0 unspecified atom stereocenters. The van der Waals surface area contributed by atoms with E-state index in [1.54, 1.807) is 16.9 Å². The van der Waals surface area contributed by atoms with Crippen molar-refractivity contribution in [3.05, 3.63) is 82.5 Å². The highest BCUT2D eigenvalue weighted by Crippen LogP contribution is 2.30. The highest BCUT2D eigenvalue weighted by Gasteiger charge is 2.19. The van der Waals surface area contributed by atoms with Gasteiger partial charge in [-0.2, -0.15) is 10.1 Å². The first-order valence-corrected chi connectivity index (χ1v) is 10.7. The van der Waals surface area contributed by atoms with Gasteiger partial charge in [0.25, 0.3) is 0 Å². The van der Waals surface area contributed by atoms with Crippen molar-refractivity contribution < 1.29 is 18.6 Å². The number of fused-ring (bicyclic) bond motifs is 3. The summed E-state index contributed by atoms with van der Waals surface area (Å²) >= 11 is 3.45. The Morgan fingerprint density at radius 2 is 1.97 bits per heavy atom. The summed E-state index contributed by atoms with van der Waals surface area (Å²) in [6, 6.07) is 14.1. The number of nitrogens with zero attached hydrogens (tertiary/aromatic N) is 4. The van der Waals surface area contributed by atoms with Crippen LogP contribution in [-0.4, -0.2) is 33.0 Å². The molecule has 2 aromatic carbocycles. The highest BCUT2D eigenvalue weighted by atomic mass is 79.9. The maximum Gasteiger partial charge on any atom is 0.228 e. The van der Waals surface area contributed by atoms with Crippen LogP contribution in [0.15, 0.2) is 65.3 Å². The summed E-state index contributed by atoms with van der Waals surface area (Å²) in [5.41, 5.74) is 2.09. The largest absolute Gasteiger partial charge is 0.487 e. The Morgan fingerprint density at radius 1 is 1.09 bits per heavy atom. The minimum atomic E-state index is -0.405. The fourth-order valence-electron chi connectivity index (χ4n) is 3.30. The third-order valence-corrected chi connectivity index (χ3v) is 5.38. The van der Waals surface area contributed by atoms with Gasteiger partial charge in [-0.1, -0.05) is 46.3 Å². The molecule has 2 bridgehead atoms. The summed E-state index contributed by atoms with van der Waals surface area (Å²) in [6.45, 7) is 1.08. The van der Waals surface area contributed by atoms with E-state index >= 15 is 0 Å². The molecule has 0 amide bonds. The van der Waals surface area contributed by atoms with Crippen molar-refractivity contribution in [2.45, 2.75) is 13.2 Å². The van der Waals surface area contributed by atoms with Crippen molar-refractivity contribution in [3.63, 3.8) is 0 Å². The molecule has 0 aliphatic carbocycles. The predicted molar refractivity (Wildman–Crippen MR) is 120 cm³/mol. The van der Waals surface area contributed by atoms with Crippen LogP contribution in [0.25, 0.3) is 16.7 Å². The normalized spacial score (nSPS) is 15.6. The van der Waals surface area contributed by atoms with E-state index in [1.165, 1.54) is 12.1 Å². The minimum absolute atomic E-state index is 0.183. The molecule has 1 aliphatic rings. The monoisotopic (exact) mass is 496 g/mol. The van der Waals surface area contributed by atoms with Gasteiger partial charge in [-0.3, -0.25) is 0 Å². The fraction of sp³-hybridized carbons (Fsp3) is 0.174. The summed E-state index contributed by atoms with van der Waals surface area (Å²) in [7, 11) is 0. The van der Waals surface area contributed by atoms with Gasteiger partial charge in [0.1, 0.15) is 42.5 Å². The van der Waals surface area contributed by atoms with Gasteiger partial charge in [0, 0.05) is 10.5 Å². The van der Waals surface area contributed by atoms with Crippen molar-refractivity contribution >= 4 is 27.0 Å². The molecule has 7 nitrogen and oxygen atoms in total. The lowest BCUT2D eigenvalue weighted by Gasteiger charge is -2.12. The molecule has 0 spiro atoms. The first-order valence-electron chi connectivity index (χ1n) is 9.94. The molecule has 162 valence electrons. The average molecular weight is 497 g/mol. The van der Waals surface area contributed by atoms with Crippen LogP contribution in [0.1, 0.15) is 11.4 Å². The van der Waals surface area contributed by atoms with Gasteiger partial charge in [-0.05, 0) is 23.8 Å². The van der Waals surface area contributed by atoms with Crippen molar-refractivity contribution in [3.8, 4) is 17.3 Å². The molecule has 4 aromatic rings. The van der Waals surface area contributed by atoms with Gasteiger partial charge in [-0.15, -0.1) is 0 Å². The van der Waals surface area contributed by atoms with Gasteiger partial charge in [0.05, 0.1) is 12.8 Å². The predicted octanol–water partition coefficient (Wildman–Crippen LogP) is 4.72. The molecule has 9 heteroatoms. The molecular weight excluding hydrogens is 479 g/mol. The molecule has 5 rings (SSSR count). The van der Waals surface area contributed by atoms with Gasteiger partial charge in [0.15, 0.2) is 11.5 Å². The molecule has 3 heterocycles. The lowest BCUT2D eigenvalue weighted by Crippen LogP contribution is -2.07. The average Bonchev–Trinajstić information content (AvgIpc) is 3.22. The van der Waals surface area contributed by atoms with Gasteiger partial charge in [0.2, 0.25) is 5.88 Å². The summed E-state index contributed by atoms with van der Waals surface area (Å²) in [5, 5.41) is 5.11. The molecule has 2 aromatic heterocycles. The quantitative estimate of drug-likeness (QED) is 0.408. The zero-order valence-electron chi connectivity index (χ0n) is 16.9. The SMILES string of the molecule is Fc1ccc2c(c1)OC/C=C(\Br)COCc1nc(OCc3ccccc3)c3cnn-2c3n1. The second-order valence-corrected chi connectivity index (χ2v) is 8.10. The minimum Gasteiger partial charge on any atom is -0.487 e. The Labute approximate surface area is 191 Å². The van der Waals surface area contributed by atoms with E-state index in [2.05, 4.69) is 31.0 Å². The maximum atomic E-state index is 14.0. The Bertz CT molecular complexity index is 1290. The molecule has 0 saturated heterocycles. The summed E-state index contributed by atoms with van der Waals surface area (Å²) < 4.78 is 34.0. The Morgan fingerprint density at radius 3 is 2.84 bits per heavy atom. The zero-order valence-corrected chi connectivity index (χ0v) is 18.5. The van der Waals surface area contributed by atoms with Crippen LogP contribution in [0.4, 0.5) is 4.39 Å². The summed E-state index contributed by atoms with van der Waals surface area (Å²) in [6.07, 6.45) is 3.45. The Hall–Kier alpha value is -3.30. The van der Waals surface area contributed by atoms with Crippen molar-refractivity contribution in [2.75, 3.05) is 13.2 Å². The number of halogens is 2. The second kappa shape index (κ2) is 9.05. The van der Waals surface area contributed by atoms with Crippen LogP contribution >= 0.6 is 15.9 Å². The van der Waals surface area contributed by atoms with E-state index in [0.29, 0.717) is 47.4 Å². The van der Waals surface area contributed by atoms with E-state index in [0.717, 1.165) is 10.0 Å². The van der Waals surface area contributed by atoms with Crippen LogP contribution < -0.4 is 9.47 Å². The lowest BCUT2D eigenvalue weighted by molar-refractivity contribution is 0.140. The van der Waals surface area contributed by atoms with E-state index in [9.17, 15) is 4.39 Å². The van der Waals surface area contributed by atoms with Gasteiger partial charge < -0.3 is 14.2 Å². The van der Waals surface area contributed by atoms with Gasteiger partial charge in [-0.25, -0.2) is 14.1 Å². The highest BCUT2D eigenvalue weighted by molar-refractivity contribution is 9.11. The van der Waals surface area contributed by atoms with Crippen LogP contribution in [0.3, 0.4) is 0 Å². The molecule has 1 aliphatic heterocycles. The van der Waals surface area contributed by atoms with Crippen LogP contribution in [0.2, 0.25) is 0 Å². The third kappa shape index (κ3) is 4.35. The smallest absolute Gasteiger partial charge is 0.228 e. The Balaban J connectivity index is 1.61. The Kier molecular flexibility index (Phi) is 5.83. The first kappa shape index (κ1) is 20.6. The van der Waals surface area contributed by atoms with Crippen LogP contribution in [-0.2, 0) is 18.0 Å². The molecule has 0 radical (unpaired) electrons. The number of benzene rings is 2. The van der Waals surface area contributed by atoms with Gasteiger partial charge >= 0.3 is 0 Å². The number of hydrogen-bond donors (Lipinski definition) is 0. The van der Waals surface area contributed by atoms with E-state index in [4.69, 9.17) is 14.2 Å². The van der Waals surface area contributed by atoms with Crippen LogP contribution in [0.5, 0.6) is 11.6 Å². The number of aromatic nitrogens is 4. The first-order chi connectivity index (χ1) is 15.7. The van der Waals surface area contributed by atoms with E-state index in [-0.39, 0.29) is 13.2 Å². The summed E-state index contributed by atoms with van der Waals surface area (Å²) in [4.78, 5) is 9.20. The fourth-order valence-corrected chi connectivity index (χ4v) is 3.60. The number of rotatable bonds is 3. The standard InChI is InChI=1S/C23H18BrFN4O3/c24-16-8-9-31-20-10-17(25)6-7-19(20)29-22-18(11-26-29)23(28-21(27-22)14-30-13-16)32-12-15-4-2-1-3-5-15/h1-8,10-11H,9,12-14H2/b16-8-. The topological polar surface area (TPSA) is 71.3 Å². The molecule has 0 atom stereocenters. The second-order valence-electron chi connectivity index (χ2n) is 7.08. The van der Waals surface area contributed by atoms with Crippen molar-refractivity contribution in [1.82, 2.24) is 19.7 Å². The van der Waals surface area contributed by atoms with Crippen molar-refractivity contribution in [2.24, 2.45) is 0 Å².